The molecule has 0 radical (unpaired) electrons. The second-order valence-corrected chi connectivity index (χ2v) is 6.17. The summed E-state index contributed by atoms with van der Waals surface area (Å²) in [5, 5.41) is 13.1. The number of ether oxygens (including phenoxy) is 1. The number of phenolic OH excluding ortho intramolecular Hbond substituents is 1. The number of pyridine rings is 1. The molecule has 3 rings (SSSR count). The summed E-state index contributed by atoms with van der Waals surface area (Å²) in [4.78, 5) is 19.1. The molecular formula is C19H23N3O3. The van der Waals surface area contributed by atoms with Gasteiger partial charge in [-0.05, 0) is 37.1 Å². The summed E-state index contributed by atoms with van der Waals surface area (Å²) in [5.74, 6) is 0.616. The number of amides is 1. The first-order valence-corrected chi connectivity index (χ1v) is 8.42. The van der Waals surface area contributed by atoms with E-state index in [-0.39, 0.29) is 11.7 Å². The van der Waals surface area contributed by atoms with Crippen molar-refractivity contribution >= 4 is 11.7 Å². The Morgan fingerprint density at radius 1 is 1.28 bits per heavy atom. The molecule has 0 saturated carbocycles. The highest BCUT2D eigenvalue weighted by molar-refractivity contribution is 5.97. The van der Waals surface area contributed by atoms with Gasteiger partial charge in [0.2, 0.25) is 0 Å². The summed E-state index contributed by atoms with van der Waals surface area (Å²) < 4.78 is 5.38. The first-order chi connectivity index (χ1) is 12.1. The number of aromatic hydroxyl groups is 1. The number of hydrogen-bond donors (Lipinski definition) is 2. The number of phenols is 1. The second kappa shape index (κ2) is 7.53. The Morgan fingerprint density at radius 3 is 2.80 bits per heavy atom. The number of rotatable bonds is 4. The van der Waals surface area contributed by atoms with Crippen molar-refractivity contribution in [2.75, 3.05) is 31.2 Å². The minimum atomic E-state index is -0.294. The Bertz CT molecular complexity index is 771. The first-order valence-electron chi connectivity index (χ1n) is 8.42. The summed E-state index contributed by atoms with van der Waals surface area (Å²) in [6.45, 7) is 7.00. The van der Waals surface area contributed by atoms with Crippen molar-refractivity contribution in [3.8, 4) is 5.75 Å². The molecule has 0 atom stereocenters. The number of aromatic nitrogens is 1. The van der Waals surface area contributed by atoms with Gasteiger partial charge >= 0.3 is 0 Å². The van der Waals surface area contributed by atoms with Gasteiger partial charge in [0, 0.05) is 31.4 Å². The fourth-order valence-corrected chi connectivity index (χ4v) is 2.88. The SMILES string of the molecule is Cc1ccc(C(=O)NCc2cccnc2N2CCOCC2)c(O)c1C. The lowest BCUT2D eigenvalue weighted by molar-refractivity contribution is 0.0948. The Hall–Kier alpha value is -2.60. The molecule has 6 nitrogen and oxygen atoms in total. The van der Waals surface area contributed by atoms with Gasteiger partial charge in [0.25, 0.3) is 5.91 Å². The summed E-state index contributed by atoms with van der Waals surface area (Å²) >= 11 is 0. The van der Waals surface area contributed by atoms with Crippen LogP contribution >= 0.6 is 0 Å². The molecule has 1 saturated heterocycles. The van der Waals surface area contributed by atoms with Crippen molar-refractivity contribution in [3.63, 3.8) is 0 Å². The highest BCUT2D eigenvalue weighted by atomic mass is 16.5. The minimum absolute atomic E-state index is 0.0390. The lowest BCUT2D eigenvalue weighted by Crippen LogP contribution is -2.37. The minimum Gasteiger partial charge on any atom is -0.507 e. The van der Waals surface area contributed by atoms with Gasteiger partial charge in [0.1, 0.15) is 11.6 Å². The molecule has 2 aromatic rings. The van der Waals surface area contributed by atoms with Gasteiger partial charge in [0.05, 0.1) is 18.8 Å². The van der Waals surface area contributed by atoms with Gasteiger partial charge in [-0.15, -0.1) is 0 Å². The van der Waals surface area contributed by atoms with Crippen molar-refractivity contribution in [2.24, 2.45) is 0 Å². The molecule has 25 heavy (non-hydrogen) atoms. The third kappa shape index (κ3) is 3.74. The molecule has 1 aliphatic heterocycles. The van der Waals surface area contributed by atoms with E-state index in [9.17, 15) is 9.90 Å². The summed E-state index contributed by atoms with van der Waals surface area (Å²) in [5.41, 5.74) is 2.92. The Kier molecular flexibility index (Phi) is 5.19. The number of benzene rings is 1. The summed E-state index contributed by atoms with van der Waals surface area (Å²) in [6, 6.07) is 7.31. The smallest absolute Gasteiger partial charge is 0.255 e. The standard InChI is InChI=1S/C19H23N3O3/c1-13-5-6-16(17(23)14(13)2)19(24)21-12-15-4-3-7-20-18(15)22-8-10-25-11-9-22/h3-7,23H,8-12H2,1-2H3,(H,21,24). The molecule has 0 aliphatic carbocycles. The third-order valence-electron chi connectivity index (χ3n) is 4.56. The van der Waals surface area contributed by atoms with Crippen LogP contribution in [-0.4, -0.2) is 42.3 Å². The van der Waals surface area contributed by atoms with E-state index >= 15 is 0 Å². The molecule has 1 aromatic carbocycles. The Balaban J connectivity index is 1.74. The lowest BCUT2D eigenvalue weighted by Gasteiger charge is -2.29. The fraction of sp³-hybridized carbons (Fsp3) is 0.368. The molecule has 132 valence electrons. The summed E-state index contributed by atoms with van der Waals surface area (Å²) in [6.07, 6.45) is 1.76. The van der Waals surface area contributed by atoms with E-state index in [4.69, 9.17) is 4.74 Å². The highest BCUT2D eigenvalue weighted by Gasteiger charge is 2.18. The van der Waals surface area contributed by atoms with Gasteiger partial charge in [0.15, 0.2) is 0 Å². The molecule has 1 aromatic heterocycles. The van der Waals surface area contributed by atoms with Gasteiger partial charge < -0.3 is 20.1 Å². The number of hydrogen-bond acceptors (Lipinski definition) is 5. The number of carbonyl (C=O) groups excluding carboxylic acids is 1. The van der Waals surface area contributed by atoms with E-state index in [1.165, 1.54) is 0 Å². The topological polar surface area (TPSA) is 74.7 Å². The quantitative estimate of drug-likeness (QED) is 0.891. The van der Waals surface area contributed by atoms with E-state index in [1.54, 1.807) is 19.2 Å². The van der Waals surface area contributed by atoms with E-state index in [2.05, 4.69) is 15.2 Å². The molecule has 0 bridgehead atoms. The van der Waals surface area contributed by atoms with Crippen LogP contribution < -0.4 is 10.2 Å². The third-order valence-corrected chi connectivity index (χ3v) is 4.56. The van der Waals surface area contributed by atoms with Crippen LogP contribution in [-0.2, 0) is 11.3 Å². The van der Waals surface area contributed by atoms with Crippen molar-refractivity contribution in [1.82, 2.24) is 10.3 Å². The van der Waals surface area contributed by atoms with E-state index in [0.717, 1.165) is 35.6 Å². The number of morpholine rings is 1. The number of aryl methyl sites for hydroxylation is 1. The maximum atomic E-state index is 12.5. The molecule has 2 heterocycles. The fourth-order valence-electron chi connectivity index (χ4n) is 2.88. The highest BCUT2D eigenvalue weighted by Crippen LogP contribution is 2.25. The van der Waals surface area contributed by atoms with Crippen LogP contribution in [0, 0.1) is 13.8 Å². The maximum Gasteiger partial charge on any atom is 0.255 e. The van der Waals surface area contributed by atoms with Crippen molar-refractivity contribution in [2.45, 2.75) is 20.4 Å². The largest absolute Gasteiger partial charge is 0.507 e. The van der Waals surface area contributed by atoms with Crippen molar-refractivity contribution in [1.29, 1.82) is 0 Å². The normalized spacial score (nSPS) is 14.4. The van der Waals surface area contributed by atoms with Crippen LogP contribution in [0.1, 0.15) is 27.0 Å². The maximum absolute atomic E-state index is 12.5. The van der Waals surface area contributed by atoms with Gasteiger partial charge in [-0.2, -0.15) is 0 Å². The number of nitrogens with zero attached hydrogens (tertiary/aromatic N) is 2. The van der Waals surface area contributed by atoms with Crippen LogP contribution in [0.4, 0.5) is 5.82 Å². The monoisotopic (exact) mass is 341 g/mol. The van der Waals surface area contributed by atoms with Crippen LogP contribution in [0.25, 0.3) is 0 Å². The van der Waals surface area contributed by atoms with Crippen LogP contribution in [0.3, 0.4) is 0 Å². The summed E-state index contributed by atoms with van der Waals surface area (Å²) in [7, 11) is 0. The first kappa shape index (κ1) is 17.2. The van der Waals surface area contributed by atoms with Gasteiger partial charge in [-0.1, -0.05) is 12.1 Å². The molecule has 2 N–H and O–H groups in total. The van der Waals surface area contributed by atoms with E-state index in [1.807, 2.05) is 25.1 Å². The molecular weight excluding hydrogens is 318 g/mol. The van der Waals surface area contributed by atoms with Gasteiger partial charge in [-0.3, -0.25) is 4.79 Å². The van der Waals surface area contributed by atoms with Crippen LogP contribution in [0.5, 0.6) is 5.75 Å². The zero-order valence-electron chi connectivity index (χ0n) is 14.6. The molecule has 0 unspecified atom stereocenters. The zero-order valence-corrected chi connectivity index (χ0v) is 14.6. The second-order valence-electron chi connectivity index (χ2n) is 6.17. The molecule has 1 amide bonds. The molecule has 0 spiro atoms. The lowest BCUT2D eigenvalue weighted by atomic mass is 10.0. The Labute approximate surface area is 147 Å². The van der Waals surface area contributed by atoms with Gasteiger partial charge in [-0.25, -0.2) is 4.98 Å². The number of anilines is 1. The van der Waals surface area contributed by atoms with Crippen LogP contribution in [0.2, 0.25) is 0 Å². The number of carbonyl (C=O) groups is 1. The van der Waals surface area contributed by atoms with E-state index < -0.39 is 0 Å². The Morgan fingerprint density at radius 2 is 2.04 bits per heavy atom. The average molecular weight is 341 g/mol. The predicted molar refractivity (Wildman–Crippen MR) is 96.0 cm³/mol. The average Bonchev–Trinajstić information content (AvgIpc) is 2.65. The van der Waals surface area contributed by atoms with E-state index in [0.29, 0.717) is 25.3 Å². The zero-order chi connectivity index (χ0) is 17.8. The van der Waals surface area contributed by atoms with Crippen molar-refractivity contribution < 1.29 is 14.6 Å². The predicted octanol–water partition coefficient (Wildman–Crippen LogP) is 2.17. The molecule has 1 aliphatic rings. The van der Waals surface area contributed by atoms with Crippen LogP contribution in [0.15, 0.2) is 30.5 Å². The molecule has 1 fully saturated rings. The molecule has 6 heteroatoms. The number of nitrogens with one attached hydrogen (secondary N) is 1. The van der Waals surface area contributed by atoms with Crippen molar-refractivity contribution in [3.05, 3.63) is 52.7 Å².